The minimum atomic E-state index is -3.58. The van der Waals surface area contributed by atoms with Gasteiger partial charge in [0.15, 0.2) is 5.82 Å². The molecule has 0 atom stereocenters. The molecule has 0 aliphatic carbocycles. The predicted molar refractivity (Wildman–Crippen MR) is 93.2 cm³/mol. The molecule has 24 heavy (non-hydrogen) atoms. The van der Waals surface area contributed by atoms with Crippen LogP contribution in [0.2, 0.25) is 0 Å². The third-order valence-electron chi connectivity index (χ3n) is 3.78. The summed E-state index contributed by atoms with van der Waals surface area (Å²) in [6.45, 7) is 3.91. The molecule has 0 N–H and O–H groups in total. The van der Waals surface area contributed by atoms with Crippen molar-refractivity contribution in [2.24, 2.45) is 7.05 Å². The fourth-order valence-electron chi connectivity index (χ4n) is 2.86. The summed E-state index contributed by atoms with van der Waals surface area (Å²) >= 11 is 0. The number of aromatic nitrogens is 3. The first kappa shape index (κ1) is 16.4. The normalized spacial score (nSPS) is 11.6. The van der Waals surface area contributed by atoms with Crippen LogP contribution in [-0.2, 0) is 22.6 Å². The van der Waals surface area contributed by atoms with Crippen LogP contribution < -0.4 is 0 Å². The van der Waals surface area contributed by atoms with Crippen molar-refractivity contribution in [1.29, 1.82) is 0 Å². The fourth-order valence-corrected chi connectivity index (χ4v) is 4.26. The van der Waals surface area contributed by atoms with Crippen LogP contribution >= 0.6 is 0 Å². The molecule has 2 aromatic carbocycles. The lowest BCUT2D eigenvalue weighted by atomic mass is 10.1. The molecule has 3 aromatic rings. The maximum atomic E-state index is 12.8. The molecule has 6 heteroatoms. The largest absolute Gasteiger partial charge is 0.301 e. The van der Waals surface area contributed by atoms with Crippen molar-refractivity contribution >= 4 is 9.84 Å². The van der Waals surface area contributed by atoms with E-state index in [0.717, 1.165) is 22.3 Å². The third-order valence-corrected chi connectivity index (χ3v) is 5.41. The molecule has 124 valence electrons. The summed E-state index contributed by atoms with van der Waals surface area (Å²) in [5.74, 6) is 0.450. The van der Waals surface area contributed by atoms with E-state index >= 15 is 0 Å². The minimum absolute atomic E-state index is 0.0134. The van der Waals surface area contributed by atoms with E-state index in [0.29, 0.717) is 5.82 Å². The van der Waals surface area contributed by atoms with Gasteiger partial charge in [0.05, 0.1) is 5.75 Å². The zero-order valence-electron chi connectivity index (χ0n) is 13.9. The van der Waals surface area contributed by atoms with Gasteiger partial charge in [-0.3, -0.25) is 0 Å². The number of hydrogen-bond acceptors (Lipinski definition) is 4. The molecule has 0 saturated heterocycles. The maximum Gasteiger partial charge on any atom is 0.250 e. The van der Waals surface area contributed by atoms with E-state index < -0.39 is 9.84 Å². The average molecular weight is 341 g/mol. The van der Waals surface area contributed by atoms with Gasteiger partial charge in [-0.2, -0.15) is 0 Å². The minimum Gasteiger partial charge on any atom is -0.301 e. The smallest absolute Gasteiger partial charge is 0.250 e. The highest BCUT2D eigenvalue weighted by molar-refractivity contribution is 7.90. The molecule has 0 fully saturated rings. The first-order valence-electron chi connectivity index (χ1n) is 7.61. The molecule has 0 unspecified atom stereocenters. The lowest BCUT2D eigenvalue weighted by Crippen LogP contribution is -2.11. The van der Waals surface area contributed by atoms with Gasteiger partial charge in [0, 0.05) is 12.6 Å². The van der Waals surface area contributed by atoms with Gasteiger partial charge >= 0.3 is 0 Å². The Kier molecular flexibility index (Phi) is 4.24. The van der Waals surface area contributed by atoms with Crippen molar-refractivity contribution in [3.63, 3.8) is 0 Å². The number of aryl methyl sites for hydroxylation is 2. The molecule has 0 saturated carbocycles. The van der Waals surface area contributed by atoms with E-state index in [1.165, 1.54) is 4.57 Å². The molecule has 5 nitrogen and oxygen atoms in total. The summed E-state index contributed by atoms with van der Waals surface area (Å²) in [4.78, 5) is 0. The third kappa shape index (κ3) is 3.23. The molecule has 0 spiro atoms. The summed E-state index contributed by atoms with van der Waals surface area (Å²) in [5, 5.41) is 7.98. The number of benzene rings is 2. The van der Waals surface area contributed by atoms with E-state index in [-0.39, 0.29) is 10.9 Å². The van der Waals surface area contributed by atoms with Crippen molar-refractivity contribution in [3.8, 4) is 11.4 Å². The van der Waals surface area contributed by atoms with Gasteiger partial charge in [-0.05, 0) is 19.4 Å². The van der Waals surface area contributed by atoms with E-state index in [4.69, 9.17) is 0 Å². The van der Waals surface area contributed by atoms with Crippen LogP contribution in [0.15, 0.2) is 53.7 Å². The predicted octanol–water partition coefficient (Wildman–Crippen LogP) is 3.07. The lowest BCUT2D eigenvalue weighted by Gasteiger charge is -2.07. The molecule has 0 amide bonds. The van der Waals surface area contributed by atoms with E-state index in [1.807, 2.05) is 62.4 Å². The number of nitrogens with zero attached hydrogens (tertiary/aromatic N) is 3. The second-order valence-electron chi connectivity index (χ2n) is 5.99. The molecule has 3 rings (SSSR count). The SMILES string of the molecule is Cc1cc(C)cc(CS(=O)(=O)c2nnc(-c3ccccc3)n2C)c1. The van der Waals surface area contributed by atoms with Crippen molar-refractivity contribution in [2.45, 2.75) is 24.8 Å². The molecular formula is C18H19N3O2S. The summed E-state index contributed by atoms with van der Waals surface area (Å²) in [5.41, 5.74) is 3.68. The van der Waals surface area contributed by atoms with Crippen molar-refractivity contribution < 1.29 is 8.42 Å². The Morgan fingerprint density at radius 3 is 2.21 bits per heavy atom. The van der Waals surface area contributed by atoms with Gasteiger partial charge in [-0.15, -0.1) is 10.2 Å². The van der Waals surface area contributed by atoms with Gasteiger partial charge < -0.3 is 4.57 Å². The Labute approximate surface area is 141 Å². The topological polar surface area (TPSA) is 64.8 Å². The number of hydrogen-bond donors (Lipinski definition) is 0. The van der Waals surface area contributed by atoms with E-state index in [2.05, 4.69) is 10.2 Å². The molecule has 0 radical (unpaired) electrons. The van der Waals surface area contributed by atoms with E-state index in [1.54, 1.807) is 7.05 Å². The molecule has 1 heterocycles. The molecular weight excluding hydrogens is 322 g/mol. The van der Waals surface area contributed by atoms with Gasteiger partial charge in [0.25, 0.3) is 0 Å². The quantitative estimate of drug-likeness (QED) is 0.731. The van der Waals surface area contributed by atoms with Crippen LogP contribution in [0, 0.1) is 13.8 Å². The Hall–Kier alpha value is -2.47. The van der Waals surface area contributed by atoms with Crippen molar-refractivity contribution in [3.05, 3.63) is 65.2 Å². The van der Waals surface area contributed by atoms with Gasteiger partial charge in [0.2, 0.25) is 15.0 Å². The monoisotopic (exact) mass is 341 g/mol. The highest BCUT2D eigenvalue weighted by atomic mass is 32.2. The molecule has 0 bridgehead atoms. The zero-order chi connectivity index (χ0) is 17.3. The Balaban J connectivity index is 1.97. The first-order chi connectivity index (χ1) is 11.4. The summed E-state index contributed by atoms with van der Waals surface area (Å²) in [6, 6.07) is 15.2. The van der Waals surface area contributed by atoms with Crippen molar-refractivity contribution in [2.75, 3.05) is 0 Å². The van der Waals surface area contributed by atoms with Crippen LogP contribution in [0.5, 0.6) is 0 Å². The van der Waals surface area contributed by atoms with Crippen LogP contribution in [0.4, 0.5) is 0 Å². The summed E-state index contributed by atoms with van der Waals surface area (Å²) < 4.78 is 27.1. The van der Waals surface area contributed by atoms with Crippen LogP contribution in [0.1, 0.15) is 16.7 Å². The molecule has 0 aliphatic heterocycles. The van der Waals surface area contributed by atoms with Crippen LogP contribution in [-0.4, -0.2) is 23.2 Å². The number of sulfone groups is 1. The lowest BCUT2D eigenvalue weighted by molar-refractivity contribution is 0.578. The summed E-state index contributed by atoms with van der Waals surface area (Å²) in [6.07, 6.45) is 0. The molecule has 0 aliphatic rings. The van der Waals surface area contributed by atoms with Gasteiger partial charge in [-0.25, -0.2) is 8.42 Å². The second kappa shape index (κ2) is 6.20. The number of rotatable bonds is 4. The van der Waals surface area contributed by atoms with Crippen LogP contribution in [0.3, 0.4) is 0 Å². The highest BCUT2D eigenvalue weighted by Crippen LogP contribution is 2.22. The Morgan fingerprint density at radius 2 is 1.58 bits per heavy atom. The maximum absolute atomic E-state index is 12.8. The van der Waals surface area contributed by atoms with Crippen LogP contribution in [0.25, 0.3) is 11.4 Å². The fraction of sp³-hybridized carbons (Fsp3) is 0.222. The first-order valence-corrected chi connectivity index (χ1v) is 9.27. The van der Waals surface area contributed by atoms with Gasteiger partial charge in [0.1, 0.15) is 0 Å². The average Bonchev–Trinajstić information content (AvgIpc) is 2.89. The standard InChI is InChI=1S/C18H19N3O2S/c1-13-9-14(2)11-15(10-13)12-24(22,23)18-20-19-17(21(18)3)16-7-5-4-6-8-16/h4-11H,12H2,1-3H3. The highest BCUT2D eigenvalue weighted by Gasteiger charge is 2.24. The summed E-state index contributed by atoms with van der Waals surface area (Å²) in [7, 11) is -1.90. The Morgan fingerprint density at radius 1 is 0.958 bits per heavy atom. The van der Waals surface area contributed by atoms with Gasteiger partial charge in [-0.1, -0.05) is 59.7 Å². The Bertz CT molecular complexity index is 957. The zero-order valence-corrected chi connectivity index (χ0v) is 14.7. The van der Waals surface area contributed by atoms with Crippen molar-refractivity contribution in [1.82, 2.24) is 14.8 Å². The molecule has 1 aromatic heterocycles. The van der Waals surface area contributed by atoms with E-state index in [9.17, 15) is 8.42 Å². The second-order valence-corrected chi connectivity index (χ2v) is 7.87.